The Morgan fingerprint density at radius 1 is 1.14 bits per heavy atom. The molecule has 21 heavy (non-hydrogen) atoms. The number of hydrogen-bond donors (Lipinski definition) is 2. The zero-order valence-corrected chi connectivity index (χ0v) is 12.1. The van der Waals surface area contributed by atoms with Crippen molar-refractivity contribution in [2.45, 2.75) is 25.9 Å². The first-order valence-corrected chi connectivity index (χ1v) is 7.37. The summed E-state index contributed by atoms with van der Waals surface area (Å²) in [6, 6.07) is 13.6. The van der Waals surface area contributed by atoms with Gasteiger partial charge in [-0.25, -0.2) is 0 Å². The molecule has 0 spiro atoms. The molecular formula is C18H19NO2. The molecule has 1 aliphatic heterocycles. The summed E-state index contributed by atoms with van der Waals surface area (Å²) < 4.78 is 0. The third-order valence-electron chi connectivity index (χ3n) is 4.08. The lowest BCUT2D eigenvalue weighted by atomic mass is 9.93. The average molecular weight is 281 g/mol. The van der Waals surface area contributed by atoms with E-state index in [0.717, 1.165) is 29.5 Å². The van der Waals surface area contributed by atoms with Crippen molar-refractivity contribution < 1.29 is 9.90 Å². The molecule has 0 aliphatic carbocycles. The summed E-state index contributed by atoms with van der Waals surface area (Å²) in [6.07, 6.45) is 1.13. The van der Waals surface area contributed by atoms with Crippen LogP contribution in [0.1, 0.15) is 45.6 Å². The Hall–Kier alpha value is -2.13. The molecule has 0 aromatic heterocycles. The van der Waals surface area contributed by atoms with E-state index in [-0.39, 0.29) is 5.91 Å². The van der Waals surface area contributed by atoms with Gasteiger partial charge in [-0.1, -0.05) is 43.3 Å². The number of amides is 1. The minimum atomic E-state index is -0.698. The predicted octanol–water partition coefficient (Wildman–Crippen LogP) is 2.62. The van der Waals surface area contributed by atoms with Crippen LogP contribution in [0, 0.1) is 0 Å². The Morgan fingerprint density at radius 2 is 1.86 bits per heavy atom. The van der Waals surface area contributed by atoms with Crippen LogP contribution < -0.4 is 5.32 Å². The number of aliphatic hydroxyl groups excluding tert-OH is 1. The quantitative estimate of drug-likeness (QED) is 0.908. The first kappa shape index (κ1) is 13.8. The highest BCUT2D eigenvalue weighted by atomic mass is 16.3. The molecule has 1 unspecified atom stereocenters. The molecular weight excluding hydrogens is 262 g/mol. The number of carbonyl (C=O) groups excluding carboxylic acids is 1. The SMILES string of the molecule is CCc1ccc(C(O)c2ccc3c(c2)C(=O)NCC3)cc1. The fourth-order valence-corrected chi connectivity index (χ4v) is 2.73. The summed E-state index contributed by atoms with van der Waals surface area (Å²) in [6.45, 7) is 2.79. The number of nitrogens with one attached hydrogen (secondary N) is 1. The van der Waals surface area contributed by atoms with Gasteiger partial charge < -0.3 is 10.4 Å². The smallest absolute Gasteiger partial charge is 0.251 e. The van der Waals surface area contributed by atoms with E-state index in [4.69, 9.17) is 0 Å². The molecule has 108 valence electrons. The molecule has 0 radical (unpaired) electrons. The number of rotatable bonds is 3. The Labute approximate surface area is 124 Å². The van der Waals surface area contributed by atoms with Gasteiger partial charge in [-0.2, -0.15) is 0 Å². The number of fused-ring (bicyclic) bond motifs is 1. The number of aryl methyl sites for hydroxylation is 1. The van der Waals surface area contributed by atoms with Crippen molar-refractivity contribution in [3.63, 3.8) is 0 Å². The molecule has 0 bridgehead atoms. The first-order chi connectivity index (χ1) is 10.2. The number of benzene rings is 2. The molecule has 1 aliphatic rings. The Morgan fingerprint density at radius 3 is 2.57 bits per heavy atom. The van der Waals surface area contributed by atoms with Gasteiger partial charge in [-0.3, -0.25) is 4.79 Å². The zero-order chi connectivity index (χ0) is 14.8. The van der Waals surface area contributed by atoms with Gasteiger partial charge in [0.15, 0.2) is 0 Å². The molecule has 3 rings (SSSR count). The minimum Gasteiger partial charge on any atom is -0.384 e. The second-order valence-corrected chi connectivity index (χ2v) is 5.42. The number of hydrogen-bond acceptors (Lipinski definition) is 2. The van der Waals surface area contributed by atoms with Gasteiger partial charge in [0.2, 0.25) is 0 Å². The summed E-state index contributed by atoms with van der Waals surface area (Å²) in [5.41, 5.74) is 4.59. The number of aliphatic hydroxyl groups is 1. The highest BCUT2D eigenvalue weighted by Crippen LogP contribution is 2.25. The molecule has 2 N–H and O–H groups in total. The lowest BCUT2D eigenvalue weighted by Gasteiger charge is -2.19. The van der Waals surface area contributed by atoms with Crippen LogP contribution in [-0.2, 0) is 12.8 Å². The van der Waals surface area contributed by atoms with Crippen molar-refractivity contribution in [3.05, 3.63) is 70.3 Å². The zero-order valence-electron chi connectivity index (χ0n) is 12.1. The normalized spacial score (nSPS) is 15.2. The Bertz CT molecular complexity index is 661. The second kappa shape index (κ2) is 5.70. The van der Waals surface area contributed by atoms with E-state index >= 15 is 0 Å². The molecule has 1 atom stereocenters. The van der Waals surface area contributed by atoms with Crippen molar-refractivity contribution in [2.24, 2.45) is 0 Å². The van der Waals surface area contributed by atoms with Crippen molar-refractivity contribution >= 4 is 5.91 Å². The number of carbonyl (C=O) groups is 1. The van der Waals surface area contributed by atoms with Gasteiger partial charge in [0, 0.05) is 12.1 Å². The molecule has 0 saturated carbocycles. The lowest BCUT2D eigenvalue weighted by molar-refractivity contribution is 0.0945. The highest BCUT2D eigenvalue weighted by molar-refractivity contribution is 5.96. The summed E-state index contributed by atoms with van der Waals surface area (Å²) in [5.74, 6) is -0.0494. The maximum atomic E-state index is 11.9. The molecule has 3 heteroatoms. The largest absolute Gasteiger partial charge is 0.384 e. The fraction of sp³-hybridized carbons (Fsp3) is 0.278. The standard InChI is InChI=1S/C18H19NO2/c1-2-12-3-5-14(6-4-12)17(20)15-8-7-13-9-10-19-18(21)16(13)11-15/h3-8,11,17,20H,2,9-10H2,1H3,(H,19,21). The van der Waals surface area contributed by atoms with E-state index in [0.29, 0.717) is 12.1 Å². The summed E-state index contributed by atoms with van der Waals surface area (Å²) in [7, 11) is 0. The molecule has 2 aromatic rings. The Balaban J connectivity index is 1.92. The van der Waals surface area contributed by atoms with E-state index in [1.165, 1.54) is 5.56 Å². The van der Waals surface area contributed by atoms with Crippen molar-refractivity contribution in [1.29, 1.82) is 0 Å². The van der Waals surface area contributed by atoms with Crippen LogP contribution in [0.2, 0.25) is 0 Å². The molecule has 0 fully saturated rings. The lowest BCUT2D eigenvalue weighted by Crippen LogP contribution is -2.31. The van der Waals surface area contributed by atoms with Crippen molar-refractivity contribution in [1.82, 2.24) is 5.32 Å². The summed E-state index contributed by atoms with van der Waals surface area (Å²) >= 11 is 0. The van der Waals surface area contributed by atoms with Gasteiger partial charge in [-0.15, -0.1) is 0 Å². The van der Waals surface area contributed by atoms with E-state index in [1.807, 2.05) is 42.5 Å². The fourth-order valence-electron chi connectivity index (χ4n) is 2.73. The summed E-state index contributed by atoms with van der Waals surface area (Å²) in [5, 5.41) is 13.4. The van der Waals surface area contributed by atoms with Gasteiger partial charge in [0.1, 0.15) is 6.10 Å². The molecule has 1 amide bonds. The highest BCUT2D eigenvalue weighted by Gasteiger charge is 2.19. The van der Waals surface area contributed by atoms with E-state index < -0.39 is 6.10 Å². The third-order valence-corrected chi connectivity index (χ3v) is 4.08. The van der Waals surface area contributed by atoms with Crippen molar-refractivity contribution in [2.75, 3.05) is 6.54 Å². The van der Waals surface area contributed by atoms with Gasteiger partial charge in [-0.05, 0) is 41.2 Å². The van der Waals surface area contributed by atoms with Crippen LogP contribution in [0.5, 0.6) is 0 Å². The van der Waals surface area contributed by atoms with Crippen LogP contribution in [0.15, 0.2) is 42.5 Å². The monoisotopic (exact) mass is 281 g/mol. The van der Waals surface area contributed by atoms with Crippen LogP contribution in [-0.4, -0.2) is 17.6 Å². The predicted molar refractivity (Wildman–Crippen MR) is 82.4 cm³/mol. The minimum absolute atomic E-state index is 0.0494. The Kier molecular flexibility index (Phi) is 3.76. The average Bonchev–Trinajstić information content (AvgIpc) is 2.54. The molecule has 3 nitrogen and oxygen atoms in total. The van der Waals surface area contributed by atoms with Crippen LogP contribution in [0.4, 0.5) is 0 Å². The second-order valence-electron chi connectivity index (χ2n) is 5.42. The maximum Gasteiger partial charge on any atom is 0.251 e. The molecule has 0 saturated heterocycles. The van der Waals surface area contributed by atoms with Gasteiger partial charge in [0.25, 0.3) is 5.91 Å². The van der Waals surface area contributed by atoms with Crippen LogP contribution in [0.25, 0.3) is 0 Å². The van der Waals surface area contributed by atoms with E-state index in [1.54, 1.807) is 0 Å². The van der Waals surface area contributed by atoms with Gasteiger partial charge in [0.05, 0.1) is 0 Å². The molecule has 2 aromatic carbocycles. The topological polar surface area (TPSA) is 49.3 Å². The maximum absolute atomic E-state index is 11.9. The van der Waals surface area contributed by atoms with E-state index in [2.05, 4.69) is 12.2 Å². The summed E-state index contributed by atoms with van der Waals surface area (Å²) in [4.78, 5) is 11.9. The molecule has 1 heterocycles. The van der Waals surface area contributed by atoms with Crippen LogP contribution in [0.3, 0.4) is 0 Å². The first-order valence-electron chi connectivity index (χ1n) is 7.37. The van der Waals surface area contributed by atoms with E-state index in [9.17, 15) is 9.90 Å². The van der Waals surface area contributed by atoms with Crippen molar-refractivity contribution in [3.8, 4) is 0 Å². The third kappa shape index (κ3) is 2.69. The van der Waals surface area contributed by atoms with Gasteiger partial charge >= 0.3 is 0 Å². The van der Waals surface area contributed by atoms with Crippen LogP contribution >= 0.6 is 0 Å².